The number of hydrogen-bond donors (Lipinski definition) is 0. The number of imidazole rings is 1. The van der Waals surface area contributed by atoms with E-state index in [1.807, 2.05) is 48.7 Å². The molecule has 0 unspecified atom stereocenters. The van der Waals surface area contributed by atoms with Crippen LogP contribution in [0.1, 0.15) is 25.5 Å². The summed E-state index contributed by atoms with van der Waals surface area (Å²) in [6.45, 7) is 4.44. The van der Waals surface area contributed by atoms with Crippen molar-refractivity contribution in [3.05, 3.63) is 56.7 Å². The Balaban J connectivity index is 1.99. The van der Waals surface area contributed by atoms with Gasteiger partial charge in [0, 0.05) is 14.1 Å². The first kappa shape index (κ1) is 16.3. The van der Waals surface area contributed by atoms with Crippen LogP contribution in [0.15, 0.2) is 45.0 Å². The van der Waals surface area contributed by atoms with E-state index < -0.39 is 5.69 Å². The fraction of sp³-hybridized carbons (Fsp3) is 0.333. The summed E-state index contributed by atoms with van der Waals surface area (Å²) in [6, 6.07) is 9.83. The molecule has 3 heterocycles. The maximum atomic E-state index is 12.8. The molecule has 0 amide bonds. The van der Waals surface area contributed by atoms with Gasteiger partial charge < -0.3 is 0 Å². The molecule has 0 bridgehead atoms. The van der Waals surface area contributed by atoms with Gasteiger partial charge in [-0.3, -0.25) is 18.5 Å². The van der Waals surface area contributed by atoms with Crippen LogP contribution in [0, 0.1) is 0 Å². The Hall–Kier alpha value is -3.16. The van der Waals surface area contributed by atoms with Gasteiger partial charge in [0.15, 0.2) is 11.2 Å². The summed E-state index contributed by atoms with van der Waals surface area (Å²) >= 11 is 0. The van der Waals surface area contributed by atoms with Crippen LogP contribution in [0.25, 0.3) is 11.2 Å². The molecular weight excluding hydrogens is 332 g/mol. The summed E-state index contributed by atoms with van der Waals surface area (Å²) in [6.07, 6.45) is 0. The first-order chi connectivity index (χ1) is 12.4. The zero-order valence-electron chi connectivity index (χ0n) is 15.2. The molecule has 0 N–H and O–H groups in total. The highest BCUT2D eigenvalue weighted by Gasteiger charge is 2.30. The van der Waals surface area contributed by atoms with Gasteiger partial charge in [-0.25, -0.2) is 9.80 Å². The average Bonchev–Trinajstić information content (AvgIpc) is 3.04. The Kier molecular flexibility index (Phi) is 3.57. The Bertz CT molecular complexity index is 1150. The molecule has 0 saturated heterocycles. The van der Waals surface area contributed by atoms with E-state index in [-0.39, 0.29) is 11.6 Å². The van der Waals surface area contributed by atoms with Crippen LogP contribution in [-0.4, -0.2) is 24.4 Å². The van der Waals surface area contributed by atoms with E-state index in [0.717, 1.165) is 15.8 Å². The van der Waals surface area contributed by atoms with Crippen LogP contribution in [0.4, 0.5) is 5.95 Å². The number of nitrogens with zero attached hydrogens (tertiary/aromatic N) is 6. The molecule has 0 aliphatic carbocycles. The van der Waals surface area contributed by atoms with Crippen molar-refractivity contribution in [2.24, 2.45) is 19.2 Å². The maximum Gasteiger partial charge on any atom is 0.332 e. The van der Waals surface area contributed by atoms with Crippen molar-refractivity contribution in [2.75, 3.05) is 5.01 Å². The van der Waals surface area contributed by atoms with E-state index in [1.165, 1.54) is 11.6 Å². The third-order valence-electron chi connectivity index (χ3n) is 4.95. The van der Waals surface area contributed by atoms with Crippen LogP contribution in [-0.2, 0) is 20.6 Å². The van der Waals surface area contributed by atoms with Gasteiger partial charge in [-0.2, -0.15) is 10.1 Å². The zero-order valence-corrected chi connectivity index (χ0v) is 15.2. The van der Waals surface area contributed by atoms with E-state index >= 15 is 0 Å². The van der Waals surface area contributed by atoms with E-state index in [9.17, 15) is 9.59 Å². The number of hydrazone groups is 1. The molecule has 0 spiro atoms. The van der Waals surface area contributed by atoms with Crippen molar-refractivity contribution in [1.29, 1.82) is 0 Å². The number of aromatic nitrogens is 4. The van der Waals surface area contributed by atoms with Crippen molar-refractivity contribution in [3.63, 3.8) is 0 Å². The van der Waals surface area contributed by atoms with Crippen LogP contribution >= 0.6 is 0 Å². The number of anilines is 1. The fourth-order valence-corrected chi connectivity index (χ4v) is 3.32. The molecule has 26 heavy (non-hydrogen) atoms. The van der Waals surface area contributed by atoms with Crippen molar-refractivity contribution in [2.45, 2.75) is 26.4 Å². The summed E-state index contributed by atoms with van der Waals surface area (Å²) in [5, 5.41) is 6.46. The van der Waals surface area contributed by atoms with E-state index in [0.29, 0.717) is 23.7 Å². The second kappa shape index (κ2) is 5.69. The molecule has 0 radical (unpaired) electrons. The highest BCUT2D eigenvalue weighted by molar-refractivity contribution is 5.91. The normalized spacial score (nSPS) is 16.7. The number of benzene rings is 1. The SMILES string of the molecule is CC1=NN(Cc2ccccc2)c2nc3c(c(=O)n(C)c(=O)n3C)n2[C@H]1C. The topological polar surface area (TPSA) is 77.4 Å². The van der Waals surface area contributed by atoms with Crippen LogP contribution in [0.5, 0.6) is 0 Å². The number of aryl methyl sites for hydroxylation is 1. The Labute approximate surface area is 149 Å². The summed E-state index contributed by atoms with van der Waals surface area (Å²) in [5.74, 6) is 0.570. The lowest BCUT2D eigenvalue weighted by Gasteiger charge is -2.29. The Morgan fingerprint density at radius 2 is 1.77 bits per heavy atom. The lowest BCUT2D eigenvalue weighted by atomic mass is 10.2. The summed E-state index contributed by atoms with van der Waals surface area (Å²) < 4.78 is 4.40. The molecule has 1 atom stereocenters. The number of hydrogen-bond acceptors (Lipinski definition) is 5. The monoisotopic (exact) mass is 352 g/mol. The van der Waals surface area contributed by atoms with Gasteiger partial charge in [0.1, 0.15) is 0 Å². The molecule has 134 valence electrons. The Morgan fingerprint density at radius 1 is 1.08 bits per heavy atom. The molecule has 2 aromatic heterocycles. The lowest BCUT2D eigenvalue weighted by Crippen LogP contribution is -2.38. The zero-order chi connectivity index (χ0) is 18.6. The van der Waals surface area contributed by atoms with Crippen molar-refractivity contribution < 1.29 is 0 Å². The number of fused-ring (bicyclic) bond motifs is 3. The maximum absolute atomic E-state index is 12.8. The summed E-state index contributed by atoms with van der Waals surface area (Å²) in [4.78, 5) is 29.7. The smallest absolute Gasteiger partial charge is 0.294 e. The largest absolute Gasteiger partial charge is 0.332 e. The van der Waals surface area contributed by atoms with Gasteiger partial charge in [-0.05, 0) is 19.4 Å². The minimum absolute atomic E-state index is 0.118. The van der Waals surface area contributed by atoms with Crippen molar-refractivity contribution >= 4 is 22.8 Å². The minimum atomic E-state index is -0.391. The molecule has 1 aromatic carbocycles. The third kappa shape index (κ3) is 2.22. The van der Waals surface area contributed by atoms with E-state index in [1.54, 1.807) is 12.1 Å². The van der Waals surface area contributed by atoms with Crippen molar-refractivity contribution in [3.8, 4) is 0 Å². The first-order valence-corrected chi connectivity index (χ1v) is 8.44. The van der Waals surface area contributed by atoms with Crippen LogP contribution in [0.3, 0.4) is 0 Å². The second-order valence-electron chi connectivity index (χ2n) is 6.62. The molecule has 8 heteroatoms. The third-order valence-corrected chi connectivity index (χ3v) is 4.95. The first-order valence-electron chi connectivity index (χ1n) is 8.44. The molecular formula is C18H20N6O2. The predicted octanol–water partition coefficient (Wildman–Crippen LogP) is 1.39. The van der Waals surface area contributed by atoms with Gasteiger partial charge in [0.25, 0.3) is 5.56 Å². The van der Waals surface area contributed by atoms with E-state index in [2.05, 4.69) is 10.1 Å². The van der Waals surface area contributed by atoms with E-state index in [4.69, 9.17) is 0 Å². The quantitative estimate of drug-likeness (QED) is 0.698. The molecule has 3 aromatic rings. The molecule has 1 aliphatic rings. The molecule has 0 fully saturated rings. The highest BCUT2D eigenvalue weighted by Crippen LogP contribution is 2.30. The van der Waals surface area contributed by atoms with Crippen LogP contribution < -0.4 is 16.3 Å². The summed E-state index contributed by atoms with van der Waals surface area (Å²) in [5.41, 5.74) is 2.02. The molecule has 0 saturated carbocycles. The average molecular weight is 352 g/mol. The second-order valence-corrected chi connectivity index (χ2v) is 6.62. The van der Waals surface area contributed by atoms with Gasteiger partial charge in [-0.1, -0.05) is 30.3 Å². The molecule has 8 nitrogen and oxygen atoms in total. The van der Waals surface area contributed by atoms with Gasteiger partial charge >= 0.3 is 5.69 Å². The van der Waals surface area contributed by atoms with Crippen LogP contribution in [0.2, 0.25) is 0 Å². The standard InChI is InChI=1S/C18H20N6O2/c1-11-12(2)24-14-15(21(3)18(26)22(4)16(14)25)19-17(24)23(20-11)10-13-8-6-5-7-9-13/h5-9,12H,10H2,1-4H3/t12-/m0/s1. The molecule has 4 rings (SSSR count). The minimum Gasteiger partial charge on any atom is -0.294 e. The van der Waals surface area contributed by atoms with Gasteiger partial charge in [0.05, 0.1) is 18.3 Å². The van der Waals surface area contributed by atoms with Gasteiger partial charge in [0.2, 0.25) is 5.95 Å². The highest BCUT2D eigenvalue weighted by atomic mass is 16.2. The fourth-order valence-electron chi connectivity index (χ4n) is 3.32. The lowest BCUT2D eigenvalue weighted by molar-refractivity contribution is 0.634. The predicted molar refractivity (Wildman–Crippen MR) is 101 cm³/mol. The summed E-state index contributed by atoms with van der Waals surface area (Å²) in [7, 11) is 3.11. The Morgan fingerprint density at radius 3 is 2.46 bits per heavy atom. The van der Waals surface area contributed by atoms with Crippen molar-refractivity contribution in [1.82, 2.24) is 18.7 Å². The molecule has 1 aliphatic heterocycles. The van der Waals surface area contributed by atoms with Gasteiger partial charge in [-0.15, -0.1) is 0 Å². The number of rotatable bonds is 2.